The van der Waals surface area contributed by atoms with Crippen LogP contribution in [-0.2, 0) is 16.1 Å². The van der Waals surface area contributed by atoms with Crippen LogP contribution in [0, 0.1) is 19.8 Å². The Morgan fingerprint density at radius 3 is 2.30 bits per heavy atom. The first-order chi connectivity index (χ1) is 12.9. The minimum atomic E-state index is -0.441. The summed E-state index contributed by atoms with van der Waals surface area (Å²) in [6.07, 6.45) is 4.83. The van der Waals surface area contributed by atoms with Crippen molar-refractivity contribution in [3.05, 3.63) is 22.5 Å². The van der Waals surface area contributed by atoms with Crippen LogP contribution in [0.2, 0.25) is 0 Å². The lowest BCUT2D eigenvalue weighted by Gasteiger charge is -2.24. The normalized spacial score (nSPS) is 14.4. The summed E-state index contributed by atoms with van der Waals surface area (Å²) in [5.41, 5.74) is 2.35. The molecule has 1 heterocycles. The van der Waals surface area contributed by atoms with Gasteiger partial charge in [0, 0.05) is 30.3 Å². The van der Waals surface area contributed by atoms with Crippen LogP contribution in [0.25, 0.3) is 0 Å². The number of amides is 1. The summed E-state index contributed by atoms with van der Waals surface area (Å²) < 4.78 is 6.71. The summed E-state index contributed by atoms with van der Waals surface area (Å²) >= 11 is 0. The zero-order valence-corrected chi connectivity index (χ0v) is 17.3. The molecule has 0 spiro atoms. The summed E-state index contributed by atoms with van der Waals surface area (Å²) in [5.74, 6) is -0.398. The number of Topliss-reactive ketones (excluding diaryl/α,β-unsaturated/α-hetero) is 1. The van der Waals surface area contributed by atoms with E-state index in [1.807, 2.05) is 25.3 Å². The highest BCUT2D eigenvalue weighted by molar-refractivity contribution is 6.04. The van der Waals surface area contributed by atoms with Crippen molar-refractivity contribution in [2.45, 2.75) is 66.3 Å². The van der Waals surface area contributed by atoms with Crippen LogP contribution in [0.15, 0.2) is 0 Å². The minimum Gasteiger partial charge on any atom is -0.464 e. The van der Waals surface area contributed by atoms with Crippen LogP contribution in [0.4, 0.5) is 0 Å². The van der Waals surface area contributed by atoms with Crippen molar-refractivity contribution < 1.29 is 19.1 Å². The number of hydrogen-bond acceptors (Lipinski definition) is 4. The number of esters is 1. The first-order valence-electron chi connectivity index (χ1n) is 9.97. The summed E-state index contributed by atoms with van der Waals surface area (Å²) in [5, 5.41) is 0. The molecule has 1 aliphatic carbocycles. The van der Waals surface area contributed by atoms with Crippen molar-refractivity contribution in [2.75, 3.05) is 20.2 Å². The van der Waals surface area contributed by atoms with E-state index >= 15 is 0 Å². The van der Waals surface area contributed by atoms with Gasteiger partial charge in [-0.3, -0.25) is 9.59 Å². The summed E-state index contributed by atoms with van der Waals surface area (Å²) in [4.78, 5) is 39.9. The van der Waals surface area contributed by atoms with E-state index in [1.54, 1.807) is 11.8 Å². The molecular weight excluding hydrogens is 344 g/mol. The highest BCUT2D eigenvalue weighted by Gasteiger charge is 2.31. The van der Waals surface area contributed by atoms with E-state index in [9.17, 15) is 14.4 Å². The topological polar surface area (TPSA) is 68.6 Å². The Balaban J connectivity index is 2.31. The third kappa shape index (κ3) is 4.25. The van der Waals surface area contributed by atoms with Gasteiger partial charge in [0.1, 0.15) is 5.69 Å². The van der Waals surface area contributed by atoms with Gasteiger partial charge in [0.2, 0.25) is 5.91 Å². The van der Waals surface area contributed by atoms with Crippen molar-refractivity contribution in [3.63, 3.8) is 0 Å². The molecule has 1 fully saturated rings. The second-order valence-corrected chi connectivity index (χ2v) is 7.33. The number of aromatic nitrogens is 1. The van der Waals surface area contributed by atoms with Crippen LogP contribution >= 0.6 is 0 Å². The van der Waals surface area contributed by atoms with Crippen molar-refractivity contribution in [1.29, 1.82) is 0 Å². The third-order valence-corrected chi connectivity index (χ3v) is 5.58. The number of carbonyl (C=O) groups excluding carboxylic acids is 3. The van der Waals surface area contributed by atoms with Gasteiger partial charge in [-0.25, -0.2) is 4.79 Å². The van der Waals surface area contributed by atoms with Crippen molar-refractivity contribution in [3.8, 4) is 0 Å². The van der Waals surface area contributed by atoms with E-state index in [0.29, 0.717) is 29.9 Å². The molecule has 0 saturated heterocycles. The number of carbonyl (C=O) groups is 3. The molecule has 6 nitrogen and oxygen atoms in total. The maximum absolute atomic E-state index is 13.1. The number of ether oxygens (including phenoxy) is 1. The smallest absolute Gasteiger partial charge is 0.354 e. The van der Waals surface area contributed by atoms with E-state index < -0.39 is 5.97 Å². The molecule has 150 valence electrons. The lowest BCUT2D eigenvalue weighted by atomic mass is 10.0. The zero-order valence-electron chi connectivity index (χ0n) is 17.3. The second kappa shape index (κ2) is 9.20. The lowest BCUT2D eigenvalue weighted by molar-refractivity contribution is -0.134. The lowest BCUT2D eigenvalue weighted by Crippen LogP contribution is -2.39. The standard InChI is InChI=1S/C21H32N2O4/c1-6-12-22(20(25)16-10-8-9-11-16)13-17(24)18-14(3)19(21(26)27-5)23(7-2)15(18)4/h16H,6-13H2,1-5H3. The second-order valence-electron chi connectivity index (χ2n) is 7.33. The molecule has 1 aromatic rings. The SMILES string of the molecule is CCCN(CC(=O)c1c(C)c(C(=O)OC)n(CC)c1C)C(=O)C1CCCC1. The molecule has 0 atom stereocenters. The number of ketones is 1. The van der Waals surface area contributed by atoms with Gasteiger partial charge in [0.25, 0.3) is 0 Å². The maximum Gasteiger partial charge on any atom is 0.354 e. The third-order valence-electron chi connectivity index (χ3n) is 5.58. The monoisotopic (exact) mass is 376 g/mol. The van der Waals surface area contributed by atoms with Crippen molar-refractivity contribution in [2.24, 2.45) is 5.92 Å². The van der Waals surface area contributed by atoms with Gasteiger partial charge < -0.3 is 14.2 Å². The Morgan fingerprint density at radius 1 is 1.15 bits per heavy atom. The van der Waals surface area contributed by atoms with E-state index in [-0.39, 0.29) is 24.2 Å². The van der Waals surface area contributed by atoms with Gasteiger partial charge in [-0.05, 0) is 45.6 Å². The van der Waals surface area contributed by atoms with Gasteiger partial charge in [0.05, 0.1) is 13.7 Å². The fourth-order valence-electron chi connectivity index (χ4n) is 4.28. The Kier molecular flexibility index (Phi) is 7.22. The van der Waals surface area contributed by atoms with Gasteiger partial charge in [-0.2, -0.15) is 0 Å². The van der Waals surface area contributed by atoms with Crippen LogP contribution in [-0.4, -0.2) is 47.3 Å². The predicted octanol–water partition coefficient (Wildman–Crippen LogP) is 3.52. The summed E-state index contributed by atoms with van der Waals surface area (Å²) in [6, 6.07) is 0. The number of methoxy groups -OCH3 is 1. The van der Waals surface area contributed by atoms with Gasteiger partial charge >= 0.3 is 5.97 Å². The van der Waals surface area contributed by atoms with E-state index in [0.717, 1.165) is 37.8 Å². The molecule has 1 aliphatic rings. The van der Waals surface area contributed by atoms with Crippen molar-refractivity contribution in [1.82, 2.24) is 9.47 Å². The average molecular weight is 376 g/mol. The number of hydrogen-bond donors (Lipinski definition) is 0. The molecule has 1 aromatic heterocycles. The molecule has 1 saturated carbocycles. The summed E-state index contributed by atoms with van der Waals surface area (Å²) in [7, 11) is 1.34. The highest BCUT2D eigenvalue weighted by Crippen LogP contribution is 2.28. The molecule has 27 heavy (non-hydrogen) atoms. The molecule has 0 bridgehead atoms. The van der Waals surface area contributed by atoms with Crippen LogP contribution < -0.4 is 0 Å². The quantitative estimate of drug-likeness (QED) is 0.514. The van der Waals surface area contributed by atoms with Crippen LogP contribution in [0.1, 0.15) is 78.1 Å². The predicted molar refractivity (Wildman–Crippen MR) is 104 cm³/mol. The molecule has 0 aliphatic heterocycles. The average Bonchev–Trinajstić information content (AvgIpc) is 3.26. The molecule has 0 N–H and O–H groups in total. The van der Waals surface area contributed by atoms with E-state index in [1.165, 1.54) is 7.11 Å². The van der Waals surface area contributed by atoms with Crippen molar-refractivity contribution >= 4 is 17.7 Å². The minimum absolute atomic E-state index is 0.0532. The Hall–Kier alpha value is -2.11. The first kappa shape index (κ1) is 21.2. The molecule has 6 heteroatoms. The Labute approximate surface area is 161 Å². The Morgan fingerprint density at radius 2 is 1.78 bits per heavy atom. The van der Waals surface area contributed by atoms with E-state index in [4.69, 9.17) is 4.74 Å². The first-order valence-corrected chi connectivity index (χ1v) is 9.97. The van der Waals surface area contributed by atoms with Gasteiger partial charge in [0.15, 0.2) is 5.78 Å². The number of nitrogens with zero attached hydrogens (tertiary/aromatic N) is 2. The van der Waals surface area contributed by atoms with Crippen LogP contribution in [0.5, 0.6) is 0 Å². The number of rotatable bonds is 8. The summed E-state index contributed by atoms with van der Waals surface area (Å²) in [6.45, 7) is 8.79. The molecule has 0 aromatic carbocycles. The maximum atomic E-state index is 13.1. The molecule has 0 unspecified atom stereocenters. The molecular formula is C21H32N2O4. The fourth-order valence-corrected chi connectivity index (χ4v) is 4.28. The van der Waals surface area contributed by atoms with E-state index in [2.05, 4.69) is 0 Å². The van der Waals surface area contributed by atoms with Gasteiger partial charge in [-0.15, -0.1) is 0 Å². The molecule has 0 radical (unpaired) electrons. The molecule has 2 rings (SSSR count). The van der Waals surface area contributed by atoms with Crippen LogP contribution in [0.3, 0.4) is 0 Å². The zero-order chi connectivity index (χ0) is 20.1. The highest BCUT2D eigenvalue weighted by atomic mass is 16.5. The fraction of sp³-hybridized carbons (Fsp3) is 0.667. The molecule has 1 amide bonds. The largest absolute Gasteiger partial charge is 0.464 e. The van der Waals surface area contributed by atoms with Gasteiger partial charge in [-0.1, -0.05) is 19.8 Å². The Bertz CT molecular complexity index is 714.